The van der Waals surface area contributed by atoms with Gasteiger partial charge in [-0.1, -0.05) is 52.3 Å². The molecular weight excluding hydrogens is 420 g/mol. The second-order valence-corrected chi connectivity index (χ2v) is 8.06. The monoisotopic (exact) mass is 434 g/mol. The molecule has 1 aliphatic heterocycles. The molecule has 1 unspecified atom stereocenters. The fourth-order valence-electron chi connectivity index (χ4n) is 4.25. The third-order valence-corrected chi connectivity index (χ3v) is 6.05. The van der Waals surface area contributed by atoms with Crippen LogP contribution >= 0.6 is 15.9 Å². The average molecular weight is 435 g/mol. The smallest absolute Gasteiger partial charge is 0.229 e. The Kier molecular flexibility index (Phi) is 3.95. The fourth-order valence-corrected chi connectivity index (χ4v) is 4.52. The van der Waals surface area contributed by atoms with Crippen LogP contribution in [0.2, 0.25) is 0 Å². The molecule has 2 aromatic rings. The minimum absolute atomic E-state index is 0.0140. The lowest BCUT2D eigenvalue weighted by molar-refractivity contribution is -0.116. The van der Waals surface area contributed by atoms with Gasteiger partial charge < -0.3 is 4.74 Å². The number of rotatable bonds is 1. The lowest BCUT2D eigenvalue weighted by atomic mass is 9.72. The van der Waals surface area contributed by atoms with Gasteiger partial charge in [-0.05, 0) is 24.1 Å². The van der Waals surface area contributed by atoms with Gasteiger partial charge in [-0.3, -0.25) is 14.4 Å². The van der Waals surface area contributed by atoms with Crippen LogP contribution in [-0.4, -0.2) is 17.3 Å². The van der Waals surface area contributed by atoms with Gasteiger partial charge in [0, 0.05) is 39.9 Å². The number of halogens is 1. The normalized spacial score (nSPS) is 21.2. The second kappa shape index (κ2) is 6.38. The molecule has 0 spiro atoms. The Morgan fingerprint density at radius 2 is 1.50 bits per heavy atom. The van der Waals surface area contributed by atoms with Gasteiger partial charge in [0.25, 0.3) is 0 Å². The van der Waals surface area contributed by atoms with Crippen LogP contribution in [0.15, 0.2) is 75.7 Å². The molecule has 4 nitrogen and oxygen atoms in total. The number of ketones is 3. The molecule has 0 amide bonds. The average Bonchev–Trinajstić information content (AvgIpc) is 2.71. The fraction of sp³-hybridized carbons (Fsp3) is 0.174. The number of ether oxygens (including phenoxy) is 1. The van der Waals surface area contributed by atoms with Crippen molar-refractivity contribution in [1.29, 1.82) is 0 Å². The van der Waals surface area contributed by atoms with Crippen LogP contribution in [0.3, 0.4) is 0 Å². The number of benzene rings is 2. The largest absolute Gasteiger partial charge is 0.457 e. The van der Waals surface area contributed by atoms with Gasteiger partial charge >= 0.3 is 0 Å². The van der Waals surface area contributed by atoms with Crippen molar-refractivity contribution in [1.82, 2.24) is 0 Å². The first kappa shape index (κ1) is 17.3. The highest BCUT2D eigenvalue weighted by Crippen LogP contribution is 2.48. The summed E-state index contributed by atoms with van der Waals surface area (Å²) >= 11 is 3.43. The predicted octanol–water partition coefficient (Wildman–Crippen LogP) is 4.90. The van der Waals surface area contributed by atoms with Gasteiger partial charge in [-0.25, -0.2) is 0 Å². The molecule has 0 saturated heterocycles. The summed E-state index contributed by atoms with van der Waals surface area (Å²) in [5, 5.41) is 0. The van der Waals surface area contributed by atoms with E-state index in [1.165, 1.54) is 0 Å². The molecular formula is C23H15BrO4. The Morgan fingerprint density at radius 1 is 0.821 bits per heavy atom. The molecule has 138 valence electrons. The van der Waals surface area contributed by atoms with Crippen LogP contribution in [0.4, 0.5) is 0 Å². The van der Waals surface area contributed by atoms with E-state index in [0.29, 0.717) is 41.7 Å². The van der Waals surface area contributed by atoms with Crippen molar-refractivity contribution in [3.8, 4) is 0 Å². The number of hydrogen-bond donors (Lipinski definition) is 0. The van der Waals surface area contributed by atoms with E-state index in [2.05, 4.69) is 15.9 Å². The van der Waals surface area contributed by atoms with Gasteiger partial charge in [-0.15, -0.1) is 0 Å². The third-order valence-electron chi connectivity index (χ3n) is 5.53. The van der Waals surface area contributed by atoms with Crippen LogP contribution in [0, 0.1) is 0 Å². The van der Waals surface area contributed by atoms with Crippen LogP contribution in [0.1, 0.15) is 51.5 Å². The number of fused-ring (bicyclic) bond motifs is 1. The molecule has 5 heteroatoms. The molecule has 0 radical (unpaired) electrons. The third kappa shape index (κ3) is 2.46. The molecule has 0 N–H and O–H groups in total. The molecule has 0 aromatic heterocycles. The van der Waals surface area contributed by atoms with Crippen LogP contribution in [0.25, 0.3) is 0 Å². The number of Topliss-reactive ketones (excluding diaryl/α,β-unsaturated/α-hetero) is 3. The molecule has 5 rings (SSSR count). The van der Waals surface area contributed by atoms with Crippen LogP contribution in [0.5, 0.6) is 0 Å². The van der Waals surface area contributed by atoms with E-state index < -0.39 is 5.92 Å². The second-order valence-electron chi connectivity index (χ2n) is 7.15. The van der Waals surface area contributed by atoms with Gasteiger partial charge in [-0.2, -0.15) is 0 Å². The molecule has 0 bridgehead atoms. The first-order valence-corrected chi connectivity index (χ1v) is 9.97. The summed E-state index contributed by atoms with van der Waals surface area (Å²) in [6.07, 6.45) is 1.70. The van der Waals surface area contributed by atoms with Gasteiger partial charge in [0.2, 0.25) is 5.78 Å². The van der Waals surface area contributed by atoms with E-state index in [-0.39, 0.29) is 28.7 Å². The molecule has 2 aromatic carbocycles. The number of carbonyl (C=O) groups excluding carboxylic acids is 3. The minimum Gasteiger partial charge on any atom is -0.457 e. The highest BCUT2D eigenvalue weighted by Gasteiger charge is 2.45. The number of carbonyl (C=O) groups is 3. The van der Waals surface area contributed by atoms with Crippen molar-refractivity contribution in [3.05, 3.63) is 92.4 Å². The Bertz CT molecular complexity index is 1120. The maximum atomic E-state index is 13.4. The van der Waals surface area contributed by atoms with Crippen molar-refractivity contribution in [3.63, 3.8) is 0 Å². The van der Waals surface area contributed by atoms with E-state index >= 15 is 0 Å². The van der Waals surface area contributed by atoms with Crippen molar-refractivity contribution in [2.75, 3.05) is 0 Å². The molecule has 0 fully saturated rings. The highest BCUT2D eigenvalue weighted by atomic mass is 79.9. The zero-order valence-electron chi connectivity index (χ0n) is 14.8. The molecule has 2 aliphatic carbocycles. The van der Waals surface area contributed by atoms with Crippen molar-refractivity contribution in [2.45, 2.75) is 25.2 Å². The summed E-state index contributed by atoms with van der Waals surface area (Å²) in [5.74, 6) is -0.530. The van der Waals surface area contributed by atoms with E-state index in [1.54, 1.807) is 24.3 Å². The van der Waals surface area contributed by atoms with E-state index in [1.807, 2.05) is 24.3 Å². The van der Waals surface area contributed by atoms with Gasteiger partial charge in [0.15, 0.2) is 17.3 Å². The minimum atomic E-state index is -0.579. The zero-order chi connectivity index (χ0) is 19.4. The Balaban J connectivity index is 1.76. The van der Waals surface area contributed by atoms with Crippen LogP contribution in [-0.2, 0) is 9.53 Å². The lowest BCUT2D eigenvalue weighted by Gasteiger charge is -2.35. The van der Waals surface area contributed by atoms with Crippen molar-refractivity contribution >= 4 is 33.3 Å². The zero-order valence-corrected chi connectivity index (χ0v) is 16.4. The van der Waals surface area contributed by atoms with Crippen LogP contribution < -0.4 is 0 Å². The summed E-state index contributed by atoms with van der Waals surface area (Å²) < 4.78 is 6.84. The van der Waals surface area contributed by atoms with E-state index in [9.17, 15) is 14.4 Å². The first-order chi connectivity index (χ1) is 13.6. The molecule has 1 atom stereocenters. The number of hydrogen-bond acceptors (Lipinski definition) is 4. The molecule has 3 aliphatic rings. The summed E-state index contributed by atoms with van der Waals surface area (Å²) in [7, 11) is 0. The summed E-state index contributed by atoms with van der Waals surface area (Å²) in [4.78, 5) is 39.4. The SMILES string of the molecule is O=C1CCCC2=C1C(c1ccc(Br)cc1)C1=C(O2)C(=O)c2ccccc2C1=O. The Labute approximate surface area is 170 Å². The molecule has 1 heterocycles. The standard InChI is InChI=1S/C23H15BrO4/c24-13-10-8-12(9-11-13)18-19-16(25)6-3-7-17(19)28-23-20(18)21(26)14-4-1-2-5-15(14)22(23)27/h1-2,4-5,8-11,18H,3,6-7H2. The maximum absolute atomic E-state index is 13.4. The Hall–Kier alpha value is -2.79. The van der Waals surface area contributed by atoms with E-state index in [4.69, 9.17) is 4.74 Å². The summed E-state index contributed by atoms with van der Waals surface area (Å²) in [6.45, 7) is 0. The quantitative estimate of drug-likeness (QED) is 0.639. The Morgan fingerprint density at radius 3 is 2.21 bits per heavy atom. The van der Waals surface area contributed by atoms with E-state index in [0.717, 1.165) is 10.0 Å². The predicted molar refractivity (Wildman–Crippen MR) is 106 cm³/mol. The summed E-state index contributed by atoms with van der Waals surface area (Å²) in [6, 6.07) is 14.3. The van der Waals surface area contributed by atoms with Crippen molar-refractivity contribution < 1.29 is 19.1 Å². The lowest BCUT2D eigenvalue weighted by Crippen LogP contribution is -2.34. The van der Waals surface area contributed by atoms with Gasteiger partial charge in [0.05, 0.1) is 5.57 Å². The van der Waals surface area contributed by atoms with Crippen molar-refractivity contribution in [2.24, 2.45) is 0 Å². The number of allylic oxidation sites excluding steroid dienone is 4. The first-order valence-electron chi connectivity index (χ1n) is 9.18. The molecule has 0 saturated carbocycles. The topological polar surface area (TPSA) is 60.4 Å². The highest BCUT2D eigenvalue weighted by molar-refractivity contribution is 9.10. The maximum Gasteiger partial charge on any atom is 0.229 e. The summed E-state index contributed by atoms with van der Waals surface area (Å²) in [5.41, 5.74) is 2.33. The van der Waals surface area contributed by atoms with Gasteiger partial charge in [0.1, 0.15) is 5.76 Å². The molecule has 28 heavy (non-hydrogen) atoms.